The average Bonchev–Trinajstić information content (AvgIpc) is 3.39. The molecule has 1 N–H and O–H groups in total. The summed E-state index contributed by atoms with van der Waals surface area (Å²) in [7, 11) is 0. The molecule has 0 aromatic carbocycles. The van der Waals surface area contributed by atoms with E-state index in [9.17, 15) is 5.11 Å². The fourth-order valence-corrected chi connectivity index (χ4v) is 4.06. The quantitative estimate of drug-likeness (QED) is 0.338. The fraction of sp³-hybridized carbons (Fsp3) is 0.435. The van der Waals surface area contributed by atoms with Gasteiger partial charge in [-0.2, -0.15) is 11.8 Å². The summed E-state index contributed by atoms with van der Waals surface area (Å²) in [5.74, 6) is 3.50. The highest BCUT2D eigenvalue weighted by atomic mass is 32.2. The van der Waals surface area contributed by atoms with Crippen molar-refractivity contribution in [2.75, 3.05) is 43.2 Å². The highest BCUT2D eigenvalue weighted by Crippen LogP contribution is 2.33. The van der Waals surface area contributed by atoms with Crippen molar-refractivity contribution in [1.82, 2.24) is 19.6 Å². The molecule has 0 aliphatic rings. The molecule has 0 aliphatic carbocycles. The maximum Gasteiger partial charge on any atom is 0.231 e. The molecular formula is C23H29N5O3S. The zero-order chi connectivity index (χ0) is 22.5. The third kappa shape index (κ3) is 4.83. The average molecular weight is 456 g/mol. The Morgan fingerprint density at radius 1 is 1.25 bits per heavy atom. The van der Waals surface area contributed by atoms with Gasteiger partial charge in [-0.1, -0.05) is 13.8 Å². The van der Waals surface area contributed by atoms with E-state index in [1.54, 1.807) is 28.7 Å². The number of aliphatic hydroxyl groups excluding tert-OH is 1. The minimum Gasteiger partial charge on any atom is -0.477 e. The number of anilines is 1. The van der Waals surface area contributed by atoms with Gasteiger partial charge in [-0.05, 0) is 42.5 Å². The van der Waals surface area contributed by atoms with Gasteiger partial charge in [0.25, 0.3) is 0 Å². The van der Waals surface area contributed by atoms with Gasteiger partial charge in [0.1, 0.15) is 17.1 Å². The van der Waals surface area contributed by atoms with Gasteiger partial charge in [-0.25, -0.2) is 14.5 Å². The second kappa shape index (κ2) is 10.2. The Morgan fingerprint density at radius 3 is 2.91 bits per heavy atom. The monoisotopic (exact) mass is 455 g/mol. The van der Waals surface area contributed by atoms with E-state index in [1.807, 2.05) is 24.3 Å². The molecule has 0 atom stereocenters. The van der Waals surface area contributed by atoms with Crippen molar-refractivity contribution < 1.29 is 14.3 Å². The van der Waals surface area contributed by atoms with Crippen molar-refractivity contribution in [3.63, 3.8) is 0 Å². The molecule has 0 unspecified atom stereocenters. The lowest BCUT2D eigenvalue weighted by molar-refractivity contribution is 0.300. The lowest BCUT2D eigenvalue weighted by atomic mass is 10.2. The predicted molar refractivity (Wildman–Crippen MR) is 129 cm³/mol. The lowest BCUT2D eigenvalue weighted by Crippen LogP contribution is -2.31. The van der Waals surface area contributed by atoms with Crippen molar-refractivity contribution in [2.24, 2.45) is 5.92 Å². The van der Waals surface area contributed by atoms with Crippen LogP contribution in [0.5, 0.6) is 5.88 Å². The van der Waals surface area contributed by atoms with Crippen molar-refractivity contribution in [2.45, 2.75) is 20.3 Å². The van der Waals surface area contributed by atoms with Crippen LogP contribution in [0.2, 0.25) is 0 Å². The second-order valence-electron chi connectivity index (χ2n) is 8.00. The minimum atomic E-state index is 0.0619. The van der Waals surface area contributed by atoms with E-state index in [-0.39, 0.29) is 6.61 Å². The van der Waals surface area contributed by atoms with Crippen LogP contribution in [0.4, 0.5) is 5.82 Å². The third-order valence-electron chi connectivity index (χ3n) is 5.01. The van der Waals surface area contributed by atoms with Crippen LogP contribution >= 0.6 is 11.8 Å². The van der Waals surface area contributed by atoms with E-state index in [0.717, 1.165) is 46.8 Å². The summed E-state index contributed by atoms with van der Waals surface area (Å²) >= 11 is 1.80. The van der Waals surface area contributed by atoms with E-state index in [2.05, 4.69) is 40.1 Å². The molecular weight excluding hydrogens is 426 g/mol. The highest BCUT2D eigenvalue weighted by Gasteiger charge is 2.19. The SMILES string of the molecule is CSCCCOc1ccc2ncc(-c3cc4c(N(CCO)CC(C)C)nccc4o3)n2n1. The number of nitrogens with zero attached hydrogens (tertiary/aromatic N) is 5. The van der Waals surface area contributed by atoms with Crippen LogP contribution in [0.15, 0.2) is 41.1 Å². The van der Waals surface area contributed by atoms with Crippen LogP contribution in [-0.4, -0.2) is 63.0 Å². The van der Waals surface area contributed by atoms with Crippen LogP contribution in [0.25, 0.3) is 28.1 Å². The van der Waals surface area contributed by atoms with E-state index >= 15 is 0 Å². The smallest absolute Gasteiger partial charge is 0.231 e. The van der Waals surface area contributed by atoms with Gasteiger partial charge in [0, 0.05) is 25.4 Å². The number of furan rings is 1. The number of ether oxygens (including phenoxy) is 1. The van der Waals surface area contributed by atoms with Crippen molar-refractivity contribution in [3.8, 4) is 17.3 Å². The largest absolute Gasteiger partial charge is 0.477 e. The van der Waals surface area contributed by atoms with E-state index in [1.165, 1.54) is 0 Å². The van der Waals surface area contributed by atoms with Gasteiger partial charge in [-0.3, -0.25) is 0 Å². The summed E-state index contributed by atoms with van der Waals surface area (Å²) in [6, 6.07) is 7.55. The van der Waals surface area contributed by atoms with Crippen LogP contribution in [0.1, 0.15) is 20.3 Å². The lowest BCUT2D eigenvalue weighted by Gasteiger charge is -2.25. The molecule has 32 heavy (non-hydrogen) atoms. The Balaban J connectivity index is 1.69. The van der Waals surface area contributed by atoms with Gasteiger partial charge in [0.2, 0.25) is 5.88 Å². The summed E-state index contributed by atoms with van der Waals surface area (Å²) in [5.41, 5.74) is 2.20. The second-order valence-corrected chi connectivity index (χ2v) is 8.99. The summed E-state index contributed by atoms with van der Waals surface area (Å²) in [6.07, 6.45) is 6.55. The van der Waals surface area contributed by atoms with Crippen LogP contribution in [0, 0.1) is 5.92 Å². The molecule has 4 rings (SSSR count). The Hall–Kier alpha value is -2.78. The van der Waals surface area contributed by atoms with Gasteiger partial charge in [0.15, 0.2) is 11.4 Å². The van der Waals surface area contributed by atoms with Gasteiger partial charge in [-0.15, -0.1) is 5.10 Å². The van der Waals surface area contributed by atoms with Crippen LogP contribution in [-0.2, 0) is 0 Å². The van der Waals surface area contributed by atoms with E-state index in [4.69, 9.17) is 9.15 Å². The molecule has 0 fully saturated rings. The number of fused-ring (bicyclic) bond motifs is 2. The maximum absolute atomic E-state index is 9.55. The van der Waals surface area contributed by atoms with Gasteiger partial charge < -0.3 is 19.2 Å². The molecule has 8 nitrogen and oxygen atoms in total. The molecule has 0 amide bonds. The number of imidazole rings is 1. The summed E-state index contributed by atoms with van der Waals surface area (Å²) in [6.45, 7) is 6.29. The van der Waals surface area contributed by atoms with Crippen molar-refractivity contribution in [1.29, 1.82) is 0 Å². The first-order valence-corrected chi connectivity index (χ1v) is 12.2. The topological polar surface area (TPSA) is 88.9 Å². The summed E-state index contributed by atoms with van der Waals surface area (Å²) < 4.78 is 13.7. The number of thioether (sulfide) groups is 1. The number of pyridine rings is 1. The number of rotatable bonds is 11. The molecule has 9 heteroatoms. The van der Waals surface area contributed by atoms with Crippen molar-refractivity contribution >= 4 is 34.2 Å². The molecule has 0 spiro atoms. The Labute approximate surface area is 191 Å². The van der Waals surface area contributed by atoms with E-state index in [0.29, 0.717) is 30.7 Å². The zero-order valence-electron chi connectivity index (χ0n) is 18.7. The Morgan fingerprint density at radius 2 is 2.12 bits per heavy atom. The molecule has 4 aromatic heterocycles. The number of hydrogen-bond donors (Lipinski definition) is 1. The Bertz CT molecular complexity index is 1170. The first-order chi connectivity index (χ1) is 15.6. The van der Waals surface area contributed by atoms with Crippen LogP contribution < -0.4 is 9.64 Å². The molecule has 0 bridgehead atoms. The first-order valence-electron chi connectivity index (χ1n) is 10.8. The number of aliphatic hydroxyl groups is 1. The molecule has 170 valence electrons. The number of hydrogen-bond acceptors (Lipinski definition) is 8. The summed E-state index contributed by atoms with van der Waals surface area (Å²) in [5, 5.41) is 15.1. The third-order valence-corrected chi connectivity index (χ3v) is 5.71. The normalized spacial score (nSPS) is 11.7. The molecule has 0 radical (unpaired) electrons. The zero-order valence-corrected chi connectivity index (χ0v) is 19.5. The first kappa shape index (κ1) is 22.4. The maximum atomic E-state index is 9.55. The van der Waals surface area contributed by atoms with Crippen LogP contribution in [0.3, 0.4) is 0 Å². The standard InChI is InChI=1S/C23H29N5O3S/c1-16(2)15-27(9-10-29)23-17-13-20(31-19(17)7-8-24-23)18-14-25-21-5-6-22(26-28(18)21)30-11-4-12-32-3/h5-8,13-14,16,29H,4,9-12,15H2,1-3H3. The summed E-state index contributed by atoms with van der Waals surface area (Å²) in [4.78, 5) is 11.2. The molecule has 0 saturated carbocycles. The van der Waals surface area contributed by atoms with Gasteiger partial charge >= 0.3 is 0 Å². The molecule has 4 heterocycles. The molecule has 4 aromatic rings. The predicted octanol–water partition coefficient (Wildman–Crippen LogP) is 4.12. The number of aromatic nitrogens is 4. The molecule has 0 saturated heterocycles. The fourth-order valence-electron chi connectivity index (χ4n) is 3.65. The van der Waals surface area contributed by atoms with E-state index < -0.39 is 0 Å². The molecule has 0 aliphatic heterocycles. The van der Waals surface area contributed by atoms with Crippen molar-refractivity contribution in [3.05, 3.63) is 36.7 Å². The highest BCUT2D eigenvalue weighted by molar-refractivity contribution is 7.98. The van der Waals surface area contributed by atoms with Gasteiger partial charge in [0.05, 0.1) is 24.8 Å². The Kier molecular flexibility index (Phi) is 7.16. The minimum absolute atomic E-state index is 0.0619.